The number of hydrogen-bond acceptors (Lipinski definition) is 4. The van der Waals surface area contributed by atoms with Gasteiger partial charge in [0, 0.05) is 23.6 Å². The Labute approximate surface area is 154 Å². The standard InChI is InChI=1S/C20H26N4O2/c1-15(2)24-18(8-11-21-24)22-19(25)14-23-12-9-17(10-13-23)20(26)16-6-4-3-5-7-16/h3-8,11,15,17H,9-10,12-14H2,1-2H3,(H,22,25). The Balaban J connectivity index is 1.48. The third-order valence-electron chi connectivity index (χ3n) is 4.81. The number of nitrogens with one attached hydrogen (secondary N) is 1. The third kappa shape index (κ3) is 4.38. The Morgan fingerprint density at radius 3 is 2.50 bits per heavy atom. The average Bonchev–Trinajstić information content (AvgIpc) is 3.11. The molecule has 6 heteroatoms. The largest absolute Gasteiger partial charge is 0.310 e. The minimum Gasteiger partial charge on any atom is -0.310 e. The number of Topliss-reactive ketones (excluding diaryl/α,β-unsaturated/α-hetero) is 1. The molecule has 2 heterocycles. The van der Waals surface area contributed by atoms with Crippen LogP contribution in [0.25, 0.3) is 0 Å². The Morgan fingerprint density at radius 2 is 1.85 bits per heavy atom. The van der Waals surface area contributed by atoms with Crippen LogP contribution in [0.3, 0.4) is 0 Å². The van der Waals surface area contributed by atoms with Crippen molar-refractivity contribution in [2.45, 2.75) is 32.7 Å². The van der Waals surface area contributed by atoms with Gasteiger partial charge in [0.1, 0.15) is 5.82 Å². The molecule has 6 nitrogen and oxygen atoms in total. The third-order valence-corrected chi connectivity index (χ3v) is 4.81. The summed E-state index contributed by atoms with van der Waals surface area (Å²) in [7, 11) is 0. The van der Waals surface area contributed by atoms with Crippen LogP contribution in [0.15, 0.2) is 42.6 Å². The maximum atomic E-state index is 12.5. The smallest absolute Gasteiger partial charge is 0.239 e. The minimum atomic E-state index is -0.0414. The van der Waals surface area contributed by atoms with Crippen molar-refractivity contribution >= 4 is 17.5 Å². The van der Waals surface area contributed by atoms with Gasteiger partial charge in [0.25, 0.3) is 0 Å². The number of rotatable bonds is 6. The molecule has 0 spiro atoms. The van der Waals surface area contributed by atoms with Gasteiger partial charge in [-0.05, 0) is 39.8 Å². The van der Waals surface area contributed by atoms with Crippen molar-refractivity contribution in [1.29, 1.82) is 0 Å². The lowest BCUT2D eigenvalue weighted by molar-refractivity contribution is -0.117. The Bertz CT molecular complexity index is 746. The van der Waals surface area contributed by atoms with E-state index >= 15 is 0 Å². The van der Waals surface area contributed by atoms with Crippen LogP contribution >= 0.6 is 0 Å². The number of anilines is 1. The predicted octanol–water partition coefficient (Wildman–Crippen LogP) is 3.00. The maximum absolute atomic E-state index is 12.5. The number of piperidine rings is 1. The topological polar surface area (TPSA) is 67.2 Å². The molecule has 1 N–H and O–H groups in total. The van der Waals surface area contributed by atoms with Crippen molar-refractivity contribution in [2.24, 2.45) is 5.92 Å². The monoisotopic (exact) mass is 354 g/mol. The van der Waals surface area contributed by atoms with E-state index in [-0.39, 0.29) is 23.7 Å². The lowest BCUT2D eigenvalue weighted by Crippen LogP contribution is -2.41. The first kappa shape index (κ1) is 18.3. The van der Waals surface area contributed by atoms with E-state index in [2.05, 4.69) is 15.3 Å². The van der Waals surface area contributed by atoms with Gasteiger partial charge in [0.05, 0.1) is 12.7 Å². The van der Waals surface area contributed by atoms with Crippen molar-refractivity contribution in [3.8, 4) is 0 Å². The zero-order valence-electron chi connectivity index (χ0n) is 15.4. The Hall–Kier alpha value is -2.47. The van der Waals surface area contributed by atoms with E-state index < -0.39 is 0 Å². The molecule has 1 aliphatic rings. The Kier molecular flexibility index (Phi) is 5.83. The van der Waals surface area contributed by atoms with Gasteiger partial charge in [-0.1, -0.05) is 30.3 Å². The molecule has 1 aromatic heterocycles. The zero-order chi connectivity index (χ0) is 18.5. The van der Waals surface area contributed by atoms with Gasteiger partial charge in [-0.25, -0.2) is 4.68 Å². The van der Waals surface area contributed by atoms with Crippen molar-refractivity contribution in [2.75, 3.05) is 25.0 Å². The van der Waals surface area contributed by atoms with E-state index in [1.54, 1.807) is 10.9 Å². The number of carbonyl (C=O) groups is 2. The molecule has 3 rings (SSSR count). The SMILES string of the molecule is CC(C)n1nccc1NC(=O)CN1CCC(C(=O)c2ccccc2)CC1. The van der Waals surface area contributed by atoms with Gasteiger partial charge in [-0.3, -0.25) is 14.5 Å². The summed E-state index contributed by atoms with van der Waals surface area (Å²) in [6.07, 6.45) is 3.28. The predicted molar refractivity (Wildman–Crippen MR) is 101 cm³/mol. The van der Waals surface area contributed by atoms with Crippen molar-refractivity contribution in [3.05, 3.63) is 48.2 Å². The summed E-state index contributed by atoms with van der Waals surface area (Å²) in [6.45, 7) is 5.92. The number of ketones is 1. The molecule has 1 saturated heterocycles. The first-order valence-corrected chi connectivity index (χ1v) is 9.19. The van der Waals surface area contributed by atoms with Crippen LogP contribution in [-0.2, 0) is 4.79 Å². The second kappa shape index (κ2) is 8.27. The molecule has 2 aromatic rings. The van der Waals surface area contributed by atoms with E-state index in [1.807, 2.05) is 50.2 Å². The lowest BCUT2D eigenvalue weighted by atomic mass is 9.89. The fraction of sp³-hybridized carbons (Fsp3) is 0.450. The number of benzene rings is 1. The first-order valence-electron chi connectivity index (χ1n) is 9.19. The lowest BCUT2D eigenvalue weighted by Gasteiger charge is -2.30. The highest BCUT2D eigenvalue weighted by Gasteiger charge is 2.26. The second-order valence-corrected chi connectivity index (χ2v) is 7.08. The molecule has 0 unspecified atom stereocenters. The molecular formula is C20H26N4O2. The molecule has 1 fully saturated rings. The van der Waals surface area contributed by atoms with E-state index in [0.717, 1.165) is 37.3 Å². The maximum Gasteiger partial charge on any atom is 0.239 e. The van der Waals surface area contributed by atoms with Crippen LogP contribution in [0, 0.1) is 5.92 Å². The number of amides is 1. The van der Waals surface area contributed by atoms with Crippen LogP contribution < -0.4 is 5.32 Å². The van der Waals surface area contributed by atoms with Crippen molar-refractivity contribution in [3.63, 3.8) is 0 Å². The molecule has 0 aliphatic carbocycles. The van der Waals surface area contributed by atoms with Gasteiger partial charge >= 0.3 is 0 Å². The van der Waals surface area contributed by atoms with Crippen LogP contribution in [0.4, 0.5) is 5.82 Å². The van der Waals surface area contributed by atoms with Gasteiger partial charge in [0.15, 0.2) is 5.78 Å². The van der Waals surface area contributed by atoms with Gasteiger partial charge < -0.3 is 5.32 Å². The summed E-state index contributed by atoms with van der Waals surface area (Å²) in [5.41, 5.74) is 0.783. The molecule has 1 amide bonds. The normalized spacial score (nSPS) is 16.0. The van der Waals surface area contributed by atoms with Crippen molar-refractivity contribution < 1.29 is 9.59 Å². The number of likely N-dealkylation sites (tertiary alicyclic amines) is 1. The van der Waals surface area contributed by atoms with E-state index in [4.69, 9.17) is 0 Å². The zero-order valence-corrected chi connectivity index (χ0v) is 15.4. The molecule has 138 valence electrons. The summed E-state index contributed by atoms with van der Waals surface area (Å²) in [5.74, 6) is 0.953. The minimum absolute atomic E-state index is 0.0414. The molecule has 0 bridgehead atoms. The number of aromatic nitrogens is 2. The summed E-state index contributed by atoms with van der Waals surface area (Å²) in [6, 6.07) is 11.5. The van der Waals surface area contributed by atoms with E-state index in [9.17, 15) is 9.59 Å². The van der Waals surface area contributed by atoms with Gasteiger partial charge in [0.2, 0.25) is 5.91 Å². The number of hydrogen-bond donors (Lipinski definition) is 1. The number of nitrogens with zero attached hydrogens (tertiary/aromatic N) is 3. The highest BCUT2D eigenvalue weighted by atomic mass is 16.2. The van der Waals surface area contributed by atoms with Crippen LogP contribution in [0.1, 0.15) is 43.1 Å². The quantitative estimate of drug-likeness (QED) is 0.810. The Morgan fingerprint density at radius 1 is 1.15 bits per heavy atom. The van der Waals surface area contributed by atoms with Crippen LogP contribution in [0.2, 0.25) is 0 Å². The molecular weight excluding hydrogens is 328 g/mol. The molecule has 1 aliphatic heterocycles. The highest BCUT2D eigenvalue weighted by molar-refractivity contribution is 5.98. The second-order valence-electron chi connectivity index (χ2n) is 7.08. The molecule has 1 aromatic carbocycles. The van der Waals surface area contributed by atoms with Gasteiger partial charge in [-0.2, -0.15) is 5.10 Å². The van der Waals surface area contributed by atoms with Crippen LogP contribution in [0.5, 0.6) is 0 Å². The van der Waals surface area contributed by atoms with Crippen LogP contribution in [-0.4, -0.2) is 46.0 Å². The molecule has 0 saturated carbocycles. The summed E-state index contributed by atoms with van der Waals surface area (Å²) < 4.78 is 1.79. The van der Waals surface area contributed by atoms with Gasteiger partial charge in [-0.15, -0.1) is 0 Å². The average molecular weight is 354 g/mol. The molecule has 0 atom stereocenters. The van der Waals surface area contributed by atoms with E-state index in [0.29, 0.717) is 6.54 Å². The van der Waals surface area contributed by atoms with Crippen molar-refractivity contribution in [1.82, 2.24) is 14.7 Å². The highest BCUT2D eigenvalue weighted by Crippen LogP contribution is 2.22. The summed E-state index contributed by atoms with van der Waals surface area (Å²) in [5, 5.41) is 7.16. The number of carbonyl (C=O) groups excluding carboxylic acids is 2. The first-order chi connectivity index (χ1) is 12.5. The van der Waals surface area contributed by atoms with E-state index in [1.165, 1.54) is 0 Å². The molecule has 26 heavy (non-hydrogen) atoms. The molecule has 0 radical (unpaired) electrons. The summed E-state index contributed by atoms with van der Waals surface area (Å²) >= 11 is 0. The fourth-order valence-electron chi connectivity index (χ4n) is 3.40. The fourth-order valence-corrected chi connectivity index (χ4v) is 3.40. The summed E-state index contributed by atoms with van der Waals surface area (Å²) in [4.78, 5) is 27.0.